The topological polar surface area (TPSA) is 102 Å². The zero-order valence-corrected chi connectivity index (χ0v) is 12.9. The summed E-state index contributed by atoms with van der Waals surface area (Å²) < 4.78 is 37.1. The van der Waals surface area contributed by atoms with Crippen LogP contribution >= 0.6 is 22.0 Å². The lowest BCUT2D eigenvalue weighted by Gasteiger charge is -1.97. The van der Waals surface area contributed by atoms with E-state index < -0.39 is 14.9 Å². The van der Waals surface area contributed by atoms with Crippen LogP contribution in [0.1, 0.15) is 5.69 Å². The number of H-pyrrole nitrogens is 1. The highest BCUT2D eigenvalue weighted by Gasteiger charge is 2.22. The first-order valence-corrected chi connectivity index (χ1v) is 8.76. The van der Waals surface area contributed by atoms with Crippen molar-refractivity contribution in [2.45, 2.75) is 11.8 Å². The third-order valence-corrected chi connectivity index (χ3v) is 5.51. The molecule has 0 saturated carbocycles. The van der Waals surface area contributed by atoms with Crippen molar-refractivity contribution in [3.05, 3.63) is 23.6 Å². The maximum atomic E-state index is 13.9. The van der Waals surface area contributed by atoms with Crippen LogP contribution in [0.15, 0.2) is 17.0 Å². The molecule has 2 aromatic heterocycles. The van der Waals surface area contributed by atoms with Gasteiger partial charge >= 0.3 is 0 Å². The number of hydrogen-bond acceptors (Lipinski definition) is 6. The van der Waals surface area contributed by atoms with E-state index in [0.29, 0.717) is 16.3 Å². The predicted octanol–water partition coefficient (Wildman–Crippen LogP) is 2.64. The first-order valence-electron chi connectivity index (χ1n) is 5.63. The Morgan fingerprint density at radius 2 is 2.14 bits per heavy atom. The van der Waals surface area contributed by atoms with Crippen LogP contribution in [0.5, 0.6) is 0 Å². The van der Waals surface area contributed by atoms with Gasteiger partial charge in [-0.3, -0.25) is 5.10 Å². The second kappa shape index (κ2) is 4.65. The van der Waals surface area contributed by atoms with Crippen LogP contribution in [0.4, 0.5) is 10.2 Å². The Bertz CT molecular complexity index is 945. The van der Waals surface area contributed by atoms with Gasteiger partial charge in [0, 0.05) is 16.4 Å². The number of halogens is 2. The van der Waals surface area contributed by atoms with Gasteiger partial charge in [-0.05, 0) is 19.1 Å². The summed E-state index contributed by atoms with van der Waals surface area (Å²) >= 11 is 0.996. The van der Waals surface area contributed by atoms with Crippen LogP contribution in [0.25, 0.3) is 20.8 Å². The van der Waals surface area contributed by atoms with Gasteiger partial charge in [0.25, 0.3) is 9.05 Å². The van der Waals surface area contributed by atoms with Gasteiger partial charge in [0.15, 0.2) is 5.82 Å². The van der Waals surface area contributed by atoms with E-state index in [-0.39, 0.29) is 20.9 Å². The first kappa shape index (κ1) is 14.2. The molecule has 2 heterocycles. The number of anilines is 1. The summed E-state index contributed by atoms with van der Waals surface area (Å²) in [7, 11) is 1.37. The number of aryl methyl sites for hydroxylation is 1. The Morgan fingerprint density at radius 1 is 1.43 bits per heavy atom. The summed E-state index contributed by atoms with van der Waals surface area (Å²) in [5.74, 6) is -0.418. The molecule has 0 saturated heterocycles. The van der Waals surface area contributed by atoms with Crippen LogP contribution < -0.4 is 5.73 Å². The standard InChI is InChI=1S/C11H8ClFN4O2S2/c1-4-7(10(14)17-16-4)11-15-8-5(13)2-3-6(9(8)20-11)21(12,18)19/h2-3H,1H3,(H3,14,16,17). The summed E-state index contributed by atoms with van der Waals surface area (Å²) in [6.45, 7) is 1.74. The third-order valence-electron chi connectivity index (χ3n) is 2.91. The highest BCUT2D eigenvalue weighted by Crippen LogP contribution is 2.38. The maximum absolute atomic E-state index is 13.9. The SMILES string of the molecule is Cc1[nH]nc(N)c1-c1nc2c(F)ccc(S(=O)(=O)Cl)c2s1. The minimum Gasteiger partial charge on any atom is -0.382 e. The van der Waals surface area contributed by atoms with E-state index in [1.165, 1.54) is 0 Å². The zero-order valence-electron chi connectivity index (χ0n) is 10.5. The van der Waals surface area contributed by atoms with Crippen LogP contribution in [0.2, 0.25) is 0 Å². The Balaban J connectivity index is 2.38. The van der Waals surface area contributed by atoms with Gasteiger partial charge in [0.1, 0.15) is 21.2 Å². The van der Waals surface area contributed by atoms with Crippen LogP contribution in [-0.4, -0.2) is 23.6 Å². The van der Waals surface area contributed by atoms with Gasteiger partial charge in [0.2, 0.25) is 0 Å². The highest BCUT2D eigenvalue weighted by atomic mass is 35.7. The van der Waals surface area contributed by atoms with Crippen molar-refractivity contribution >= 4 is 47.1 Å². The molecule has 0 bridgehead atoms. The highest BCUT2D eigenvalue weighted by molar-refractivity contribution is 8.14. The molecule has 10 heteroatoms. The molecule has 0 radical (unpaired) electrons. The van der Waals surface area contributed by atoms with E-state index in [1.807, 2.05) is 0 Å². The molecule has 0 aliphatic heterocycles. The number of rotatable bonds is 2. The number of nitrogens with one attached hydrogen (secondary N) is 1. The van der Waals surface area contributed by atoms with Crippen molar-refractivity contribution in [2.75, 3.05) is 5.73 Å². The number of nitrogen functional groups attached to an aromatic ring is 1. The lowest BCUT2D eigenvalue weighted by atomic mass is 10.2. The van der Waals surface area contributed by atoms with Crippen molar-refractivity contribution in [3.8, 4) is 10.6 Å². The number of nitrogens with two attached hydrogens (primary N) is 1. The monoisotopic (exact) mass is 346 g/mol. The minimum absolute atomic E-state index is 0.0586. The van der Waals surface area contributed by atoms with E-state index in [2.05, 4.69) is 15.2 Å². The predicted molar refractivity (Wildman–Crippen MR) is 79.3 cm³/mol. The van der Waals surface area contributed by atoms with E-state index in [1.54, 1.807) is 6.92 Å². The van der Waals surface area contributed by atoms with Gasteiger partial charge in [-0.25, -0.2) is 17.8 Å². The largest absolute Gasteiger partial charge is 0.382 e. The van der Waals surface area contributed by atoms with Gasteiger partial charge in [-0.2, -0.15) is 5.10 Å². The molecule has 0 spiro atoms. The fourth-order valence-corrected chi connectivity index (χ4v) is 4.59. The molecule has 0 unspecified atom stereocenters. The summed E-state index contributed by atoms with van der Waals surface area (Å²) in [5, 5.41) is 6.91. The Morgan fingerprint density at radius 3 is 2.71 bits per heavy atom. The van der Waals surface area contributed by atoms with E-state index in [0.717, 1.165) is 23.5 Å². The van der Waals surface area contributed by atoms with Crippen LogP contribution in [0, 0.1) is 12.7 Å². The van der Waals surface area contributed by atoms with E-state index in [4.69, 9.17) is 16.4 Å². The molecule has 0 atom stereocenters. The second-order valence-electron chi connectivity index (χ2n) is 4.29. The summed E-state index contributed by atoms with van der Waals surface area (Å²) in [4.78, 5) is 3.95. The Hall–Kier alpha value is -1.71. The van der Waals surface area contributed by atoms with Crippen LogP contribution in [0.3, 0.4) is 0 Å². The quantitative estimate of drug-likeness (QED) is 0.694. The molecule has 3 rings (SSSR count). The van der Waals surface area contributed by atoms with Crippen LogP contribution in [-0.2, 0) is 9.05 Å². The molecule has 3 aromatic rings. The van der Waals surface area contributed by atoms with Crippen molar-refractivity contribution < 1.29 is 12.8 Å². The Kier molecular flexibility index (Phi) is 3.15. The fourth-order valence-electron chi connectivity index (χ4n) is 1.97. The zero-order chi connectivity index (χ0) is 15.4. The molecular weight excluding hydrogens is 339 g/mol. The molecule has 0 fully saturated rings. The smallest absolute Gasteiger partial charge is 0.262 e. The lowest BCUT2D eigenvalue weighted by molar-refractivity contribution is 0.609. The molecule has 0 amide bonds. The van der Waals surface area contributed by atoms with Crippen molar-refractivity contribution in [1.82, 2.24) is 15.2 Å². The Labute approximate surface area is 127 Å². The third kappa shape index (κ3) is 2.27. The molecule has 0 aliphatic carbocycles. The van der Waals surface area contributed by atoms with Crippen molar-refractivity contribution in [1.29, 1.82) is 0 Å². The molecule has 0 aliphatic rings. The average molecular weight is 347 g/mol. The number of thiazole rings is 1. The van der Waals surface area contributed by atoms with Crippen molar-refractivity contribution in [3.63, 3.8) is 0 Å². The molecule has 21 heavy (non-hydrogen) atoms. The lowest BCUT2D eigenvalue weighted by Crippen LogP contribution is -1.91. The number of nitrogens with zero attached hydrogens (tertiary/aromatic N) is 2. The number of aromatic nitrogens is 3. The average Bonchev–Trinajstić information content (AvgIpc) is 2.93. The maximum Gasteiger partial charge on any atom is 0.262 e. The molecule has 1 aromatic carbocycles. The fraction of sp³-hybridized carbons (Fsp3) is 0.0909. The number of benzene rings is 1. The number of hydrogen-bond donors (Lipinski definition) is 2. The van der Waals surface area contributed by atoms with Gasteiger partial charge < -0.3 is 5.73 Å². The summed E-state index contributed by atoms with van der Waals surface area (Å²) in [5.41, 5.74) is 6.86. The van der Waals surface area contributed by atoms with Crippen molar-refractivity contribution in [2.24, 2.45) is 0 Å². The van der Waals surface area contributed by atoms with Gasteiger partial charge in [-0.1, -0.05) is 0 Å². The second-order valence-corrected chi connectivity index (χ2v) is 7.82. The minimum atomic E-state index is -4.00. The van der Waals surface area contributed by atoms with E-state index >= 15 is 0 Å². The number of aromatic amines is 1. The molecule has 3 N–H and O–H groups in total. The summed E-state index contributed by atoms with van der Waals surface area (Å²) in [6.07, 6.45) is 0. The van der Waals surface area contributed by atoms with Gasteiger partial charge in [-0.15, -0.1) is 11.3 Å². The summed E-state index contributed by atoms with van der Waals surface area (Å²) in [6, 6.07) is 2.14. The molecular formula is C11H8ClFN4O2S2. The van der Waals surface area contributed by atoms with Gasteiger partial charge in [0.05, 0.1) is 10.3 Å². The molecule has 110 valence electrons. The first-order chi connectivity index (χ1) is 9.79. The molecule has 6 nitrogen and oxygen atoms in total. The normalized spacial score (nSPS) is 12.1. The van der Waals surface area contributed by atoms with E-state index in [9.17, 15) is 12.8 Å². The number of fused-ring (bicyclic) bond motifs is 1.